The molecule has 5 heteroatoms. The summed E-state index contributed by atoms with van der Waals surface area (Å²) >= 11 is 1.23. The summed E-state index contributed by atoms with van der Waals surface area (Å²) in [6.45, 7) is 6.98. The molecule has 1 N–H and O–H groups in total. The molecule has 0 fully saturated rings. The van der Waals surface area contributed by atoms with E-state index in [9.17, 15) is 4.79 Å². The van der Waals surface area contributed by atoms with Crippen LogP contribution in [0.3, 0.4) is 0 Å². The molecule has 0 aliphatic carbocycles. The maximum absolute atomic E-state index is 10.9. The summed E-state index contributed by atoms with van der Waals surface area (Å²) in [7, 11) is 0. The van der Waals surface area contributed by atoms with Crippen LogP contribution >= 0.6 is 11.8 Å². The van der Waals surface area contributed by atoms with Gasteiger partial charge in [0.1, 0.15) is 15.6 Å². The number of rotatable bonds is 3. The minimum atomic E-state index is -0.868. The Morgan fingerprint density at radius 2 is 2.00 bits per heavy atom. The number of thioether (sulfide) groups is 1. The largest absolute Gasteiger partial charge is 0.480 e. The zero-order valence-corrected chi connectivity index (χ0v) is 10.1. The Morgan fingerprint density at radius 1 is 1.40 bits per heavy atom. The fourth-order valence-electron chi connectivity index (χ4n) is 1.04. The fraction of sp³-hybridized carbons (Fsp3) is 0.500. The second-order valence-corrected chi connectivity index (χ2v) is 5.46. The molecule has 1 aromatic rings. The second-order valence-electron chi connectivity index (χ2n) is 3.81. The van der Waals surface area contributed by atoms with Crippen LogP contribution in [-0.4, -0.2) is 25.8 Å². The molecule has 0 bridgehead atoms. The molecule has 1 heterocycles. The van der Waals surface area contributed by atoms with Crippen molar-refractivity contribution >= 4 is 17.7 Å². The zero-order chi connectivity index (χ0) is 11.6. The van der Waals surface area contributed by atoms with Gasteiger partial charge in [0, 0.05) is 5.69 Å². The molecule has 0 saturated heterocycles. The molecule has 0 radical (unpaired) electrons. The average molecular weight is 226 g/mol. The summed E-state index contributed by atoms with van der Waals surface area (Å²) in [5, 5.41) is 9.68. The van der Waals surface area contributed by atoms with Crippen molar-refractivity contribution in [2.45, 2.75) is 37.5 Å². The van der Waals surface area contributed by atoms with Gasteiger partial charge < -0.3 is 5.11 Å². The van der Waals surface area contributed by atoms with Gasteiger partial charge in [-0.3, -0.25) is 4.79 Å². The monoisotopic (exact) mass is 226 g/mol. The molecule has 1 rings (SSSR count). The van der Waals surface area contributed by atoms with E-state index in [2.05, 4.69) is 9.97 Å². The first-order chi connectivity index (χ1) is 6.81. The number of aromatic nitrogens is 2. The highest BCUT2D eigenvalue weighted by atomic mass is 32.2. The molecule has 0 atom stereocenters. The van der Waals surface area contributed by atoms with Gasteiger partial charge in [0.2, 0.25) is 0 Å². The van der Waals surface area contributed by atoms with Crippen LogP contribution in [0.4, 0.5) is 0 Å². The topological polar surface area (TPSA) is 63.1 Å². The SMILES string of the molecule is Cc1cc(SC(C)(C)C(=O)O)nc(C)n1. The van der Waals surface area contributed by atoms with Gasteiger partial charge in [-0.05, 0) is 33.8 Å². The van der Waals surface area contributed by atoms with E-state index < -0.39 is 10.7 Å². The first kappa shape index (κ1) is 12.0. The molecule has 0 spiro atoms. The Bertz CT molecular complexity index is 371. The predicted octanol–water partition coefficient (Wildman–Crippen LogP) is 2.05. The van der Waals surface area contributed by atoms with Crippen LogP contribution in [0, 0.1) is 13.8 Å². The molecule has 0 aromatic carbocycles. The maximum Gasteiger partial charge on any atom is 0.319 e. The number of nitrogens with zero attached hydrogens (tertiary/aromatic N) is 2. The highest BCUT2D eigenvalue weighted by Gasteiger charge is 2.29. The van der Waals surface area contributed by atoms with Crippen LogP contribution in [0.25, 0.3) is 0 Å². The smallest absolute Gasteiger partial charge is 0.319 e. The quantitative estimate of drug-likeness (QED) is 0.631. The molecule has 0 unspecified atom stereocenters. The summed E-state index contributed by atoms with van der Waals surface area (Å²) < 4.78 is -0.868. The van der Waals surface area contributed by atoms with Crippen molar-refractivity contribution in [3.63, 3.8) is 0 Å². The molecule has 4 nitrogen and oxygen atoms in total. The minimum absolute atomic E-state index is 0.665. The standard InChI is InChI=1S/C10H14N2O2S/c1-6-5-8(12-7(2)11-6)15-10(3,4)9(13)14/h5H,1-4H3,(H,13,14). The number of aryl methyl sites for hydroxylation is 2. The molecular formula is C10H14N2O2S. The maximum atomic E-state index is 10.9. The highest BCUT2D eigenvalue weighted by molar-refractivity contribution is 8.01. The minimum Gasteiger partial charge on any atom is -0.480 e. The van der Waals surface area contributed by atoms with Crippen molar-refractivity contribution in [2.24, 2.45) is 0 Å². The fourth-order valence-corrected chi connectivity index (χ4v) is 2.06. The third kappa shape index (κ3) is 3.20. The summed E-state index contributed by atoms with van der Waals surface area (Å²) in [6.07, 6.45) is 0. The zero-order valence-electron chi connectivity index (χ0n) is 9.24. The van der Waals surface area contributed by atoms with E-state index in [1.165, 1.54) is 11.8 Å². The van der Waals surface area contributed by atoms with E-state index in [0.29, 0.717) is 10.9 Å². The van der Waals surface area contributed by atoms with Crippen LogP contribution in [0.5, 0.6) is 0 Å². The van der Waals surface area contributed by atoms with E-state index in [4.69, 9.17) is 5.11 Å². The lowest BCUT2D eigenvalue weighted by Gasteiger charge is -2.17. The second kappa shape index (κ2) is 4.18. The van der Waals surface area contributed by atoms with Gasteiger partial charge in [0.05, 0.1) is 0 Å². The molecule has 0 aliphatic rings. The van der Waals surface area contributed by atoms with Gasteiger partial charge in [-0.25, -0.2) is 9.97 Å². The lowest BCUT2D eigenvalue weighted by molar-refractivity contribution is -0.138. The lowest BCUT2D eigenvalue weighted by Crippen LogP contribution is -2.27. The van der Waals surface area contributed by atoms with Gasteiger partial charge >= 0.3 is 5.97 Å². The Hall–Kier alpha value is -1.10. The van der Waals surface area contributed by atoms with Crippen LogP contribution in [0.2, 0.25) is 0 Å². The third-order valence-corrected chi connectivity index (χ3v) is 2.92. The van der Waals surface area contributed by atoms with Gasteiger partial charge in [-0.1, -0.05) is 11.8 Å². The van der Waals surface area contributed by atoms with Crippen LogP contribution < -0.4 is 0 Å². The molecule has 0 aliphatic heterocycles. The molecule has 1 aromatic heterocycles. The Balaban J connectivity index is 2.94. The number of carboxylic acids is 1. The number of aliphatic carboxylic acids is 1. The van der Waals surface area contributed by atoms with Crippen molar-refractivity contribution in [3.05, 3.63) is 17.6 Å². The van der Waals surface area contributed by atoms with E-state index in [0.717, 1.165) is 5.69 Å². The number of hydrogen-bond acceptors (Lipinski definition) is 4. The summed E-state index contributed by atoms with van der Waals surface area (Å²) in [5.74, 6) is -0.180. The number of hydrogen-bond donors (Lipinski definition) is 1. The summed E-state index contributed by atoms with van der Waals surface area (Å²) in [4.78, 5) is 19.3. The first-order valence-corrected chi connectivity index (χ1v) is 5.37. The molecular weight excluding hydrogens is 212 g/mol. The van der Waals surface area contributed by atoms with Gasteiger partial charge in [-0.2, -0.15) is 0 Å². The van der Waals surface area contributed by atoms with Gasteiger partial charge in [0.15, 0.2) is 0 Å². The predicted molar refractivity (Wildman–Crippen MR) is 59.1 cm³/mol. The van der Waals surface area contributed by atoms with Crippen molar-refractivity contribution in [1.82, 2.24) is 9.97 Å². The Kier molecular flexibility index (Phi) is 3.34. The van der Waals surface area contributed by atoms with E-state index >= 15 is 0 Å². The van der Waals surface area contributed by atoms with Gasteiger partial charge in [-0.15, -0.1) is 0 Å². The number of carbonyl (C=O) groups is 1. The van der Waals surface area contributed by atoms with Crippen molar-refractivity contribution in [3.8, 4) is 0 Å². The molecule has 0 amide bonds. The third-order valence-electron chi connectivity index (χ3n) is 1.82. The van der Waals surface area contributed by atoms with Crippen molar-refractivity contribution < 1.29 is 9.90 Å². The number of carboxylic acid groups (broad SMARTS) is 1. The van der Waals surface area contributed by atoms with E-state index in [1.807, 2.05) is 6.92 Å². The van der Waals surface area contributed by atoms with Crippen molar-refractivity contribution in [1.29, 1.82) is 0 Å². The average Bonchev–Trinajstić information content (AvgIpc) is 1.99. The van der Waals surface area contributed by atoms with Crippen LogP contribution in [0.15, 0.2) is 11.1 Å². The van der Waals surface area contributed by atoms with E-state index in [1.54, 1.807) is 26.8 Å². The lowest BCUT2D eigenvalue weighted by atomic mass is 10.2. The van der Waals surface area contributed by atoms with Crippen LogP contribution in [-0.2, 0) is 4.79 Å². The Morgan fingerprint density at radius 3 is 2.47 bits per heavy atom. The highest BCUT2D eigenvalue weighted by Crippen LogP contribution is 2.31. The molecule has 82 valence electrons. The van der Waals surface area contributed by atoms with Gasteiger partial charge in [0.25, 0.3) is 0 Å². The normalized spacial score (nSPS) is 11.5. The van der Waals surface area contributed by atoms with E-state index in [-0.39, 0.29) is 0 Å². The Labute approximate surface area is 93.1 Å². The first-order valence-electron chi connectivity index (χ1n) is 4.56. The van der Waals surface area contributed by atoms with Crippen LogP contribution in [0.1, 0.15) is 25.4 Å². The molecule has 0 saturated carbocycles. The summed E-state index contributed by atoms with van der Waals surface area (Å²) in [5.41, 5.74) is 0.853. The molecule has 15 heavy (non-hydrogen) atoms. The summed E-state index contributed by atoms with van der Waals surface area (Å²) in [6, 6.07) is 1.79. The van der Waals surface area contributed by atoms with Crippen molar-refractivity contribution in [2.75, 3.05) is 0 Å².